The smallest absolute Gasteiger partial charge is 0.294 e. The van der Waals surface area contributed by atoms with E-state index in [4.69, 9.17) is 0 Å². The molecule has 0 fully saturated rings. The van der Waals surface area contributed by atoms with Crippen molar-refractivity contribution in [2.75, 3.05) is 14.1 Å². The van der Waals surface area contributed by atoms with Gasteiger partial charge in [0.1, 0.15) is 0 Å². The number of aromatic nitrogens is 1. The van der Waals surface area contributed by atoms with Crippen molar-refractivity contribution in [2.45, 2.75) is 6.42 Å². The van der Waals surface area contributed by atoms with Crippen LogP contribution in [-0.4, -0.2) is 35.7 Å². The molecule has 0 aliphatic heterocycles. The third kappa shape index (κ3) is 3.57. The van der Waals surface area contributed by atoms with Crippen LogP contribution in [0.1, 0.15) is 21.5 Å². The summed E-state index contributed by atoms with van der Waals surface area (Å²) in [5.41, 5.74) is 5.18. The second-order valence-electron chi connectivity index (χ2n) is 7.27. The van der Waals surface area contributed by atoms with Gasteiger partial charge < -0.3 is 9.88 Å². The summed E-state index contributed by atoms with van der Waals surface area (Å²) in [6.45, 7) is 0. The highest BCUT2D eigenvalue weighted by molar-refractivity contribution is 6.46. The van der Waals surface area contributed by atoms with Crippen molar-refractivity contribution in [2.24, 2.45) is 0 Å². The Kier molecular flexibility index (Phi) is 5.00. The molecule has 1 heterocycles. The van der Waals surface area contributed by atoms with Gasteiger partial charge in [0.25, 0.3) is 11.7 Å². The number of aromatic amines is 1. The topological polar surface area (TPSA) is 53.2 Å². The Labute approximate surface area is 169 Å². The number of H-pyrrole nitrogens is 1. The Morgan fingerprint density at radius 2 is 1.48 bits per heavy atom. The summed E-state index contributed by atoms with van der Waals surface area (Å²) in [6.07, 6.45) is 0.738. The first kappa shape index (κ1) is 18.7. The molecule has 0 unspecified atom stereocenters. The Morgan fingerprint density at radius 1 is 0.828 bits per heavy atom. The number of benzene rings is 3. The number of fused-ring (bicyclic) bond motifs is 1. The summed E-state index contributed by atoms with van der Waals surface area (Å²) < 4.78 is 0. The van der Waals surface area contributed by atoms with Crippen molar-refractivity contribution in [3.63, 3.8) is 0 Å². The predicted octanol–water partition coefficient (Wildman–Crippen LogP) is 4.70. The lowest BCUT2D eigenvalue weighted by molar-refractivity contribution is -0.124. The number of para-hydroxylation sites is 1. The maximum absolute atomic E-state index is 13.1. The lowest BCUT2D eigenvalue weighted by Crippen LogP contribution is -2.30. The first-order valence-electron chi connectivity index (χ1n) is 9.55. The highest BCUT2D eigenvalue weighted by Gasteiger charge is 2.27. The Balaban J connectivity index is 1.90. The molecule has 144 valence electrons. The molecule has 4 aromatic rings. The molecule has 0 bridgehead atoms. The maximum Gasteiger partial charge on any atom is 0.294 e. The number of rotatable bonds is 5. The first-order chi connectivity index (χ1) is 14.1. The number of hydrogen-bond acceptors (Lipinski definition) is 2. The summed E-state index contributed by atoms with van der Waals surface area (Å²) in [5.74, 6) is -1.03. The average Bonchev–Trinajstić information content (AvgIpc) is 3.13. The number of carbonyl (C=O) groups excluding carboxylic acids is 2. The first-order valence-corrected chi connectivity index (χ1v) is 9.55. The molecule has 0 aliphatic rings. The van der Waals surface area contributed by atoms with E-state index in [9.17, 15) is 9.59 Å². The Morgan fingerprint density at radius 3 is 2.24 bits per heavy atom. The molecule has 1 N–H and O–H groups in total. The largest absolute Gasteiger partial charge is 0.354 e. The molecule has 29 heavy (non-hydrogen) atoms. The number of likely N-dealkylation sites (N-methyl/N-ethyl adjacent to an activating group) is 1. The summed E-state index contributed by atoms with van der Waals surface area (Å²) in [7, 11) is 3.19. The van der Waals surface area contributed by atoms with Crippen LogP contribution in [0.4, 0.5) is 0 Å². The molecule has 0 saturated carbocycles. The van der Waals surface area contributed by atoms with Gasteiger partial charge in [0.2, 0.25) is 0 Å². The van der Waals surface area contributed by atoms with Crippen molar-refractivity contribution in [3.8, 4) is 11.3 Å². The number of hydrogen-bond donors (Lipinski definition) is 1. The van der Waals surface area contributed by atoms with Gasteiger partial charge in [-0.05, 0) is 23.6 Å². The van der Waals surface area contributed by atoms with Crippen LogP contribution in [0.25, 0.3) is 22.2 Å². The van der Waals surface area contributed by atoms with Crippen LogP contribution in [0.3, 0.4) is 0 Å². The molecule has 0 aliphatic carbocycles. The van der Waals surface area contributed by atoms with Gasteiger partial charge >= 0.3 is 0 Å². The Bertz CT molecular complexity index is 1190. The molecule has 4 rings (SSSR count). The molecule has 4 heteroatoms. The normalized spacial score (nSPS) is 10.8. The van der Waals surface area contributed by atoms with Crippen molar-refractivity contribution in [3.05, 3.63) is 95.6 Å². The van der Waals surface area contributed by atoms with Gasteiger partial charge in [-0.25, -0.2) is 0 Å². The molecular weight excluding hydrogens is 360 g/mol. The van der Waals surface area contributed by atoms with Crippen molar-refractivity contribution < 1.29 is 9.59 Å². The minimum atomic E-state index is -0.531. The molecule has 0 radical (unpaired) electrons. The van der Waals surface area contributed by atoms with Gasteiger partial charge in [0.15, 0.2) is 0 Å². The molecule has 0 atom stereocenters. The third-order valence-electron chi connectivity index (χ3n) is 5.06. The summed E-state index contributed by atoms with van der Waals surface area (Å²) in [6, 6.07) is 25.8. The van der Waals surface area contributed by atoms with Gasteiger partial charge in [-0.15, -0.1) is 0 Å². The van der Waals surface area contributed by atoms with E-state index in [-0.39, 0.29) is 0 Å². The van der Waals surface area contributed by atoms with E-state index >= 15 is 0 Å². The molecular formula is C25H22N2O2. The zero-order valence-electron chi connectivity index (χ0n) is 16.5. The van der Waals surface area contributed by atoms with Crippen LogP contribution in [-0.2, 0) is 11.2 Å². The lowest BCUT2D eigenvalue weighted by Gasteiger charge is -2.12. The number of nitrogens with one attached hydrogen (secondary N) is 1. The lowest BCUT2D eigenvalue weighted by atomic mass is 9.94. The highest BCUT2D eigenvalue weighted by atomic mass is 16.2. The second-order valence-corrected chi connectivity index (χ2v) is 7.27. The van der Waals surface area contributed by atoms with Crippen LogP contribution < -0.4 is 0 Å². The number of carbonyl (C=O) groups is 2. The predicted molar refractivity (Wildman–Crippen MR) is 116 cm³/mol. The standard InChI is InChI=1S/C25H22N2O2/c1-27(2)25(29)24(28)22-20-14-8-9-15-21(20)26-23(22)19-13-7-6-12-18(19)16-17-10-4-3-5-11-17/h3-15,26H,16H2,1-2H3. The fourth-order valence-electron chi connectivity index (χ4n) is 3.62. The van der Waals surface area contributed by atoms with E-state index in [1.165, 1.54) is 10.5 Å². The zero-order chi connectivity index (χ0) is 20.4. The third-order valence-corrected chi connectivity index (χ3v) is 5.06. The van der Waals surface area contributed by atoms with E-state index < -0.39 is 11.7 Å². The summed E-state index contributed by atoms with van der Waals surface area (Å²) >= 11 is 0. The molecule has 3 aromatic carbocycles. The molecule has 0 spiro atoms. The number of amides is 1. The van der Waals surface area contributed by atoms with Crippen LogP contribution in [0.2, 0.25) is 0 Å². The number of Topliss-reactive ketones (excluding diaryl/α,β-unsaturated/α-hetero) is 1. The molecule has 0 saturated heterocycles. The average molecular weight is 382 g/mol. The van der Waals surface area contributed by atoms with E-state index in [0.29, 0.717) is 11.3 Å². The minimum Gasteiger partial charge on any atom is -0.354 e. The van der Waals surface area contributed by atoms with Gasteiger partial charge in [-0.1, -0.05) is 72.8 Å². The fourth-order valence-corrected chi connectivity index (χ4v) is 3.62. The van der Waals surface area contributed by atoms with E-state index in [1.807, 2.05) is 60.7 Å². The number of ketones is 1. The zero-order valence-corrected chi connectivity index (χ0v) is 16.5. The summed E-state index contributed by atoms with van der Waals surface area (Å²) in [5, 5.41) is 0.761. The minimum absolute atomic E-state index is 0.430. The van der Waals surface area contributed by atoms with Crippen molar-refractivity contribution >= 4 is 22.6 Å². The van der Waals surface area contributed by atoms with Crippen LogP contribution >= 0.6 is 0 Å². The van der Waals surface area contributed by atoms with Crippen LogP contribution in [0, 0.1) is 0 Å². The van der Waals surface area contributed by atoms with E-state index in [0.717, 1.165) is 28.5 Å². The van der Waals surface area contributed by atoms with Crippen molar-refractivity contribution in [1.82, 2.24) is 9.88 Å². The quantitative estimate of drug-likeness (QED) is 0.402. The summed E-state index contributed by atoms with van der Waals surface area (Å²) in [4.78, 5) is 30.3. The Hall–Kier alpha value is -3.66. The SMILES string of the molecule is CN(C)C(=O)C(=O)c1c(-c2ccccc2Cc2ccccc2)[nH]c2ccccc12. The van der Waals surface area contributed by atoms with Gasteiger partial charge in [0.05, 0.1) is 11.3 Å². The molecule has 1 aromatic heterocycles. The molecule has 4 nitrogen and oxygen atoms in total. The molecule has 1 amide bonds. The second kappa shape index (κ2) is 7.76. The van der Waals surface area contributed by atoms with Gasteiger partial charge in [-0.2, -0.15) is 0 Å². The van der Waals surface area contributed by atoms with Crippen molar-refractivity contribution in [1.29, 1.82) is 0 Å². The monoisotopic (exact) mass is 382 g/mol. The fraction of sp³-hybridized carbons (Fsp3) is 0.120. The van der Waals surface area contributed by atoms with Crippen LogP contribution in [0.15, 0.2) is 78.9 Å². The van der Waals surface area contributed by atoms with E-state index in [1.54, 1.807) is 14.1 Å². The highest BCUT2D eigenvalue weighted by Crippen LogP contribution is 2.33. The van der Waals surface area contributed by atoms with E-state index in [2.05, 4.69) is 23.2 Å². The maximum atomic E-state index is 13.1. The number of nitrogens with zero attached hydrogens (tertiary/aromatic N) is 1. The van der Waals surface area contributed by atoms with Gasteiger partial charge in [0, 0.05) is 30.6 Å². The van der Waals surface area contributed by atoms with Crippen LogP contribution in [0.5, 0.6) is 0 Å². The van der Waals surface area contributed by atoms with Gasteiger partial charge in [-0.3, -0.25) is 9.59 Å².